The number of hydrogen-bond acceptors (Lipinski definition) is 7. The van der Waals surface area contributed by atoms with Crippen LogP contribution >= 0.6 is 0 Å². The number of carbonyl (C=O) groups is 1. The van der Waals surface area contributed by atoms with E-state index in [0.29, 0.717) is 31.3 Å². The van der Waals surface area contributed by atoms with Gasteiger partial charge in [0.25, 0.3) is 0 Å². The van der Waals surface area contributed by atoms with Gasteiger partial charge in [-0.05, 0) is 16.7 Å². The number of ether oxygens (including phenoxy) is 2. The van der Waals surface area contributed by atoms with E-state index in [2.05, 4.69) is 63.8 Å². The number of nitrogens with two attached hydrogens (primary N) is 1. The van der Waals surface area contributed by atoms with E-state index in [1.54, 1.807) is 12.0 Å². The van der Waals surface area contributed by atoms with Crippen molar-refractivity contribution in [2.75, 3.05) is 55.9 Å². The van der Waals surface area contributed by atoms with Crippen LogP contribution in [0, 0.1) is 0 Å². The van der Waals surface area contributed by atoms with Crippen LogP contribution in [0.1, 0.15) is 24.0 Å². The molecule has 36 heavy (non-hydrogen) atoms. The molecular formula is C27H33N6O3+. The van der Waals surface area contributed by atoms with Crippen LogP contribution in [0.15, 0.2) is 48.5 Å². The SMILES string of the molecule is COCCOc1nc(N)c2c(n1)N(Cc1ccc(-c3ccc(C[NH+]4CCCC4)cc3)cc1)CC(=O)N2. The number of fused-ring (bicyclic) bond motifs is 1. The van der Waals surface area contributed by atoms with Crippen molar-refractivity contribution < 1.29 is 19.2 Å². The Balaban J connectivity index is 1.29. The maximum absolute atomic E-state index is 12.3. The number of nitrogens with zero attached hydrogens (tertiary/aromatic N) is 3. The number of likely N-dealkylation sites (tertiary alicyclic amines) is 1. The summed E-state index contributed by atoms with van der Waals surface area (Å²) in [6.07, 6.45) is 2.69. The van der Waals surface area contributed by atoms with Crippen molar-refractivity contribution in [3.05, 3.63) is 59.7 Å². The number of rotatable bonds is 9. The van der Waals surface area contributed by atoms with Gasteiger partial charge in [0.05, 0.1) is 26.2 Å². The molecule has 9 nitrogen and oxygen atoms in total. The molecule has 2 aliphatic heterocycles. The van der Waals surface area contributed by atoms with Crippen molar-refractivity contribution in [1.82, 2.24) is 9.97 Å². The van der Waals surface area contributed by atoms with Gasteiger partial charge >= 0.3 is 6.01 Å². The first-order valence-electron chi connectivity index (χ1n) is 12.4. The van der Waals surface area contributed by atoms with Crippen molar-refractivity contribution in [3.8, 4) is 17.1 Å². The van der Waals surface area contributed by atoms with E-state index in [1.807, 2.05) is 4.90 Å². The molecule has 0 bridgehead atoms. The summed E-state index contributed by atoms with van der Waals surface area (Å²) in [5.41, 5.74) is 11.3. The Kier molecular flexibility index (Phi) is 7.29. The maximum Gasteiger partial charge on any atom is 0.320 e. The zero-order chi connectivity index (χ0) is 24.9. The van der Waals surface area contributed by atoms with Crippen LogP contribution in [0.3, 0.4) is 0 Å². The van der Waals surface area contributed by atoms with Crippen molar-refractivity contribution in [2.45, 2.75) is 25.9 Å². The summed E-state index contributed by atoms with van der Waals surface area (Å²) >= 11 is 0. The minimum Gasteiger partial charge on any atom is -0.461 e. The second-order valence-corrected chi connectivity index (χ2v) is 9.36. The predicted octanol–water partition coefficient (Wildman–Crippen LogP) is 1.89. The van der Waals surface area contributed by atoms with Crippen molar-refractivity contribution >= 4 is 23.2 Å². The molecule has 0 atom stereocenters. The molecule has 0 saturated carbocycles. The van der Waals surface area contributed by atoms with Gasteiger partial charge in [-0.3, -0.25) is 4.79 Å². The van der Waals surface area contributed by atoms with Crippen LogP contribution < -0.4 is 25.6 Å². The van der Waals surface area contributed by atoms with Gasteiger partial charge in [0.1, 0.15) is 18.8 Å². The van der Waals surface area contributed by atoms with Gasteiger partial charge in [-0.1, -0.05) is 48.5 Å². The van der Waals surface area contributed by atoms with Crippen molar-refractivity contribution in [1.29, 1.82) is 0 Å². The molecule has 1 saturated heterocycles. The van der Waals surface area contributed by atoms with Gasteiger partial charge in [0, 0.05) is 32.1 Å². The van der Waals surface area contributed by atoms with Crippen molar-refractivity contribution in [2.24, 2.45) is 0 Å². The number of methoxy groups -OCH3 is 1. The van der Waals surface area contributed by atoms with Gasteiger partial charge in [-0.15, -0.1) is 0 Å². The zero-order valence-electron chi connectivity index (χ0n) is 20.6. The molecule has 1 amide bonds. The molecule has 2 aliphatic rings. The highest BCUT2D eigenvalue weighted by molar-refractivity contribution is 6.03. The number of aromatic nitrogens is 2. The van der Waals surface area contributed by atoms with Gasteiger partial charge in [0.15, 0.2) is 11.6 Å². The van der Waals surface area contributed by atoms with Gasteiger partial charge < -0.3 is 30.3 Å². The Morgan fingerprint density at radius 1 is 0.972 bits per heavy atom. The highest BCUT2D eigenvalue weighted by Gasteiger charge is 2.27. The van der Waals surface area contributed by atoms with Crippen LogP contribution in [0.25, 0.3) is 11.1 Å². The van der Waals surface area contributed by atoms with Crippen LogP contribution in [-0.4, -0.2) is 55.8 Å². The predicted molar refractivity (Wildman–Crippen MR) is 139 cm³/mol. The van der Waals surface area contributed by atoms with Gasteiger partial charge in [-0.25, -0.2) is 0 Å². The van der Waals surface area contributed by atoms with Crippen LogP contribution in [0.4, 0.5) is 17.3 Å². The standard InChI is InChI=1S/C27H32N6O3/c1-35-14-15-36-27-30-25(28)24-26(31-27)33(18-23(34)29-24)17-20-6-10-22(11-7-20)21-8-4-19(5-9-21)16-32-12-2-3-13-32/h4-11H,2-3,12-18H2,1H3,(H,29,34)(H2,28,30,31)/p+1. The Bertz CT molecular complexity index is 1190. The minimum atomic E-state index is -0.154. The van der Waals surface area contributed by atoms with E-state index in [0.717, 1.165) is 17.7 Å². The Morgan fingerprint density at radius 2 is 1.64 bits per heavy atom. The van der Waals surface area contributed by atoms with E-state index in [4.69, 9.17) is 15.2 Å². The molecule has 1 fully saturated rings. The molecular weight excluding hydrogens is 456 g/mol. The molecule has 9 heteroatoms. The average molecular weight is 490 g/mol. The molecule has 3 aromatic rings. The highest BCUT2D eigenvalue weighted by atomic mass is 16.5. The lowest BCUT2D eigenvalue weighted by atomic mass is 10.0. The highest BCUT2D eigenvalue weighted by Crippen LogP contribution is 2.34. The molecule has 4 N–H and O–H groups in total. The molecule has 3 heterocycles. The summed E-state index contributed by atoms with van der Waals surface area (Å²) in [5, 5.41) is 2.78. The zero-order valence-corrected chi connectivity index (χ0v) is 20.6. The lowest BCUT2D eigenvalue weighted by Gasteiger charge is -2.30. The van der Waals surface area contributed by atoms with Gasteiger partial charge in [-0.2, -0.15) is 9.97 Å². The summed E-state index contributed by atoms with van der Waals surface area (Å²) in [6.45, 7) is 5.07. The van der Waals surface area contributed by atoms with E-state index in [1.165, 1.54) is 37.1 Å². The summed E-state index contributed by atoms with van der Waals surface area (Å²) in [4.78, 5) is 24.6. The lowest BCUT2D eigenvalue weighted by molar-refractivity contribution is -0.901. The van der Waals surface area contributed by atoms with Crippen LogP contribution in [-0.2, 0) is 22.6 Å². The minimum absolute atomic E-state index is 0.154. The quantitative estimate of drug-likeness (QED) is 0.394. The molecule has 0 spiro atoms. The molecule has 0 unspecified atom stereocenters. The number of nitrogen functional groups attached to an aromatic ring is 1. The monoisotopic (exact) mass is 489 g/mol. The Hall–Kier alpha value is -3.69. The molecule has 0 radical (unpaired) electrons. The fraction of sp³-hybridized carbons (Fsp3) is 0.370. The second kappa shape index (κ2) is 10.9. The van der Waals surface area contributed by atoms with E-state index >= 15 is 0 Å². The maximum atomic E-state index is 12.3. The number of benzene rings is 2. The van der Waals surface area contributed by atoms with Crippen LogP contribution in [0.2, 0.25) is 0 Å². The molecule has 1 aromatic heterocycles. The largest absolute Gasteiger partial charge is 0.461 e. The summed E-state index contributed by atoms with van der Waals surface area (Å²) in [7, 11) is 1.60. The second-order valence-electron chi connectivity index (χ2n) is 9.36. The number of carbonyl (C=O) groups excluding carboxylic acids is 1. The first-order valence-corrected chi connectivity index (χ1v) is 12.4. The number of quaternary nitrogens is 1. The third-order valence-electron chi connectivity index (χ3n) is 6.69. The number of nitrogens with one attached hydrogen (secondary N) is 2. The topological polar surface area (TPSA) is 107 Å². The number of anilines is 3. The number of amides is 1. The van der Waals surface area contributed by atoms with E-state index < -0.39 is 0 Å². The Morgan fingerprint density at radius 3 is 2.31 bits per heavy atom. The summed E-state index contributed by atoms with van der Waals surface area (Å²) in [6, 6.07) is 17.5. The fourth-order valence-corrected chi connectivity index (χ4v) is 4.81. The third kappa shape index (κ3) is 5.58. The van der Waals surface area contributed by atoms with E-state index in [-0.39, 0.29) is 24.3 Å². The fourth-order valence-electron chi connectivity index (χ4n) is 4.81. The first kappa shape index (κ1) is 24.0. The Labute approximate surface area is 211 Å². The lowest BCUT2D eigenvalue weighted by Crippen LogP contribution is -3.08. The molecule has 188 valence electrons. The molecule has 5 rings (SSSR count). The molecule has 0 aliphatic carbocycles. The summed E-state index contributed by atoms with van der Waals surface area (Å²) in [5.74, 6) is 0.572. The normalized spacial score (nSPS) is 15.6. The van der Waals surface area contributed by atoms with E-state index in [9.17, 15) is 4.79 Å². The average Bonchev–Trinajstić information content (AvgIpc) is 3.39. The third-order valence-corrected chi connectivity index (χ3v) is 6.69. The first-order chi connectivity index (χ1) is 17.6. The number of hydrogen-bond donors (Lipinski definition) is 3. The summed E-state index contributed by atoms with van der Waals surface area (Å²) < 4.78 is 10.6. The van der Waals surface area contributed by atoms with Crippen molar-refractivity contribution in [3.63, 3.8) is 0 Å². The smallest absolute Gasteiger partial charge is 0.320 e. The van der Waals surface area contributed by atoms with Crippen LogP contribution in [0.5, 0.6) is 6.01 Å². The van der Waals surface area contributed by atoms with Gasteiger partial charge in [0.2, 0.25) is 5.91 Å². The molecule has 2 aromatic carbocycles.